The third-order valence-corrected chi connectivity index (χ3v) is 4.52. The van der Waals surface area contributed by atoms with Crippen LogP contribution in [0.1, 0.15) is 77.0 Å². The molecule has 0 unspecified atom stereocenters. The van der Waals surface area contributed by atoms with E-state index in [0.29, 0.717) is 11.7 Å². The van der Waals surface area contributed by atoms with E-state index >= 15 is 0 Å². The summed E-state index contributed by atoms with van der Waals surface area (Å²) in [4.78, 5) is 11.9. The Morgan fingerprint density at radius 1 is 0.833 bits per heavy atom. The zero-order valence-corrected chi connectivity index (χ0v) is 11.7. The summed E-state index contributed by atoms with van der Waals surface area (Å²) in [5, 5.41) is 0. The molecule has 2 atom stereocenters. The first kappa shape index (κ1) is 13.8. The molecule has 0 aliphatic heterocycles. The van der Waals surface area contributed by atoms with Crippen LogP contribution in [0.4, 0.5) is 0 Å². The predicted molar refractivity (Wildman–Crippen MR) is 76.5 cm³/mol. The molecular formula is C17H28O. The Kier molecular flexibility index (Phi) is 5.96. The fourth-order valence-electron chi connectivity index (χ4n) is 3.14. The van der Waals surface area contributed by atoms with Gasteiger partial charge in [0.1, 0.15) is 0 Å². The summed E-state index contributed by atoms with van der Waals surface area (Å²) in [7, 11) is 0. The first-order valence-corrected chi connectivity index (χ1v) is 8.08. The van der Waals surface area contributed by atoms with Gasteiger partial charge in [-0.3, -0.25) is 4.79 Å². The van der Waals surface area contributed by atoms with Crippen molar-refractivity contribution in [2.45, 2.75) is 77.0 Å². The maximum absolute atomic E-state index is 11.9. The number of hydrogen-bond acceptors (Lipinski definition) is 1. The van der Waals surface area contributed by atoms with E-state index in [0.717, 1.165) is 12.3 Å². The second kappa shape index (κ2) is 7.76. The van der Waals surface area contributed by atoms with Crippen molar-refractivity contribution >= 4 is 5.78 Å². The van der Waals surface area contributed by atoms with Crippen LogP contribution in [0, 0.1) is 11.8 Å². The van der Waals surface area contributed by atoms with Crippen LogP contribution < -0.4 is 0 Å². The van der Waals surface area contributed by atoms with Crippen molar-refractivity contribution in [3.63, 3.8) is 0 Å². The van der Waals surface area contributed by atoms with Crippen LogP contribution >= 0.6 is 0 Å². The van der Waals surface area contributed by atoms with Gasteiger partial charge in [-0.1, -0.05) is 57.4 Å². The molecule has 0 radical (unpaired) electrons. The molecule has 2 aliphatic carbocycles. The van der Waals surface area contributed by atoms with Gasteiger partial charge in [0.25, 0.3) is 0 Å². The lowest BCUT2D eigenvalue weighted by Crippen LogP contribution is -1.98. The van der Waals surface area contributed by atoms with E-state index in [1.165, 1.54) is 70.6 Å². The van der Waals surface area contributed by atoms with Gasteiger partial charge in [0.15, 0.2) is 5.78 Å². The summed E-state index contributed by atoms with van der Waals surface area (Å²) < 4.78 is 0. The second-order valence-corrected chi connectivity index (χ2v) is 6.17. The van der Waals surface area contributed by atoms with Gasteiger partial charge in [-0.25, -0.2) is 0 Å². The molecule has 0 amide bonds. The molecule has 0 spiro atoms. The van der Waals surface area contributed by atoms with Crippen molar-refractivity contribution in [1.29, 1.82) is 0 Å². The van der Waals surface area contributed by atoms with Gasteiger partial charge < -0.3 is 0 Å². The van der Waals surface area contributed by atoms with Crippen molar-refractivity contribution in [3.05, 3.63) is 12.2 Å². The van der Waals surface area contributed by atoms with Crippen molar-refractivity contribution < 1.29 is 4.79 Å². The molecule has 1 nitrogen and oxygen atoms in total. The van der Waals surface area contributed by atoms with Gasteiger partial charge >= 0.3 is 0 Å². The van der Waals surface area contributed by atoms with E-state index in [1.54, 1.807) is 0 Å². The number of carbonyl (C=O) groups is 1. The second-order valence-electron chi connectivity index (χ2n) is 6.17. The number of hydrogen-bond donors (Lipinski definition) is 0. The third-order valence-electron chi connectivity index (χ3n) is 4.52. The molecule has 0 saturated heterocycles. The lowest BCUT2D eigenvalue weighted by Gasteiger charge is -2.03. The van der Waals surface area contributed by atoms with Crippen LogP contribution in [-0.4, -0.2) is 5.78 Å². The minimum absolute atomic E-state index is 0.397. The van der Waals surface area contributed by atoms with E-state index in [4.69, 9.17) is 0 Å². The zero-order chi connectivity index (χ0) is 12.6. The van der Waals surface area contributed by atoms with Crippen LogP contribution in [0.15, 0.2) is 12.2 Å². The van der Waals surface area contributed by atoms with Crippen LogP contribution in [0.5, 0.6) is 0 Å². The molecule has 1 fully saturated rings. The van der Waals surface area contributed by atoms with E-state index in [-0.39, 0.29) is 0 Å². The quantitative estimate of drug-likeness (QED) is 0.586. The smallest absolute Gasteiger partial charge is 0.158 e. The van der Waals surface area contributed by atoms with Crippen LogP contribution in [-0.2, 0) is 4.79 Å². The summed E-state index contributed by atoms with van der Waals surface area (Å²) in [6.45, 7) is 0. The van der Waals surface area contributed by atoms with Gasteiger partial charge in [0, 0.05) is 5.92 Å². The molecule has 102 valence electrons. The number of allylic oxidation sites excluding steroid dienone is 2. The molecule has 1 heteroatoms. The molecule has 0 aromatic heterocycles. The van der Waals surface area contributed by atoms with Crippen LogP contribution in [0.3, 0.4) is 0 Å². The van der Waals surface area contributed by atoms with Crippen LogP contribution in [0.2, 0.25) is 0 Å². The number of ketones is 1. The van der Waals surface area contributed by atoms with E-state index in [9.17, 15) is 4.79 Å². The first-order valence-electron chi connectivity index (χ1n) is 8.08. The Balaban J connectivity index is 1.73. The molecule has 1 saturated carbocycles. The SMILES string of the molecule is O=C1/C=C/CCCCCCCCCCC[C@H]2C[C@@H]12. The summed E-state index contributed by atoms with van der Waals surface area (Å²) in [6, 6.07) is 0. The highest BCUT2D eigenvalue weighted by molar-refractivity contribution is 5.93. The minimum Gasteiger partial charge on any atom is -0.295 e. The first-order chi connectivity index (χ1) is 8.88. The largest absolute Gasteiger partial charge is 0.295 e. The van der Waals surface area contributed by atoms with Gasteiger partial charge in [-0.2, -0.15) is 0 Å². The van der Waals surface area contributed by atoms with Gasteiger partial charge in [-0.05, 0) is 37.7 Å². The Bertz CT molecular complexity index is 279. The summed E-state index contributed by atoms with van der Waals surface area (Å²) in [5.74, 6) is 1.54. The average Bonchev–Trinajstić information content (AvgIpc) is 3.13. The van der Waals surface area contributed by atoms with Crippen molar-refractivity contribution in [3.8, 4) is 0 Å². The molecule has 0 heterocycles. The van der Waals surface area contributed by atoms with Gasteiger partial charge in [-0.15, -0.1) is 0 Å². The Morgan fingerprint density at radius 3 is 2.17 bits per heavy atom. The number of rotatable bonds is 0. The van der Waals surface area contributed by atoms with Crippen LogP contribution in [0.25, 0.3) is 0 Å². The fraction of sp³-hybridized carbons (Fsp3) is 0.824. The highest BCUT2D eigenvalue weighted by atomic mass is 16.1. The molecule has 0 bridgehead atoms. The fourth-order valence-corrected chi connectivity index (χ4v) is 3.14. The highest BCUT2D eigenvalue weighted by Gasteiger charge is 2.40. The molecular weight excluding hydrogens is 220 g/mol. The molecule has 2 rings (SSSR count). The van der Waals surface area contributed by atoms with Gasteiger partial charge in [0.05, 0.1) is 0 Å². The van der Waals surface area contributed by atoms with Crippen molar-refractivity contribution in [1.82, 2.24) is 0 Å². The Labute approximate surface area is 112 Å². The van der Waals surface area contributed by atoms with E-state index in [2.05, 4.69) is 6.08 Å². The highest BCUT2D eigenvalue weighted by Crippen LogP contribution is 2.43. The third kappa shape index (κ3) is 4.96. The number of carbonyl (C=O) groups excluding carboxylic acids is 1. The zero-order valence-electron chi connectivity index (χ0n) is 11.7. The molecule has 0 aromatic rings. The standard InChI is InChI=1S/C17H28O/c18-17-13-11-9-7-5-3-1-2-4-6-8-10-12-15-14-16(15)17/h11,13,15-16H,1-10,12,14H2/b13-11+/t15-,16+/m0/s1. The predicted octanol–water partition coefficient (Wildman–Crippen LogP) is 5.05. The average molecular weight is 248 g/mol. The monoisotopic (exact) mass is 248 g/mol. The summed E-state index contributed by atoms with van der Waals surface area (Å²) >= 11 is 0. The maximum Gasteiger partial charge on any atom is 0.158 e. The Hall–Kier alpha value is -0.590. The molecule has 18 heavy (non-hydrogen) atoms. The molecule has 2 aliphatic rings. The van der Waals surface area contributed by atoms with Crippen molar-refractivity contribution in [2.24, 2.45) is 11.8 Å². The molecule has 0 N–H and O–H groups in total. The van der Waals surface area contributed by atoms with Gasteiger partial charge in [0.2, 0.25) is 0 Å². The normalized spacial score (nSPS) is 33.7. The van der Waals surface area contributed by atoms with Crippen molar-refractivity contribution in [2.75, 3.05) is 0 Å². The van der Waals surface area contributed by atoms with E-state index in [1.807, 2.05) is 6.08 Å². The minimum atomic E-state index is 0.397. The molecule has 0 aromatic carbocycles. The summed E-state index contributed by atoms with van der Waals surface area (Å²) in [5.41, 5.74) is 0. The van der Waals surface area contributed by atoms with E-state index < -0.39 is 0 Å². The number of fused-ring (bicyclic) bond motifs is 1. The Morgan fingerprint density at radius 2 is 1.44 bits per heavy atom. The summed E-state index contributed by atoms with van der Waals surface area (Å²) in [6.07, 6.45) is 19.9. The maximum atomic E-state index is 11.9. The lowest BCUT2D eigenvalue weighted by molar-refractivity contribution is -0.116. The lowest BCUT2D eigenvalue weighted by atomic mass is 10.0. The topological polar surface area (TPSA) is 17.1 Å².